The van der Waals surface area contributed by atoms with Crippen LogP contribution < -0.4 is 31.4 Å². The summed E-state index contributed by atoms with van der Waals surface area (Å²) in [6, 6.07) is 4.35. The largest absolute Gasteiger partial charge is 0.507 e. The van der Waals surface area contributed by atoms with Crippen molar-refractivity contribution >= 4 is 67.0 Å². The minimum Gasteiger partial charge on any atom is -0.507 e. The molecular formula is C57H76N6O19P2. The highest BCUT2D eigenvalue weighted by atomic mass is 31.2. The van der Waals surface area contributed by atoms with E-state index < -0.39 is 134 Å². The lowest BCUT2D eigenvalue weighted by atomic mass is 9.78. The number of ketones is 1. The average molecular weight is 1210 g/mol. The fourth-order valence-electron chi connectivity index (χ4n) is 11.3. The van der Waals surface area contributed by atoms with Crippen LogP contribution >= 0.6 is 15.2 Å². The quantitative estimate of drug-likeness (QED) is 0.0621. The lowest BCUT2D eigenvalue weighted by Gasteiger charge is -2.39. The summed E-state index contributed by atoms with van der Waals surface area (Å²) in [5.74, 6) is -9.16. The standard InChI is InChI=1S/C57H76N6O19P2/c1-28(2)27-63-22-20-57(21-23-63)61-44-41-42-48(67)34(8)52-43(41)53(69)56(10,82-52)79-24-19-38(78-11)31(5)51(80-35(9)64)33(7)47(66)32(6)50(29(3)13-12-14-30(4)54(70)60-46(49(42)68)45(44)62-57)81-39(65)26-58-55(71)59-37-17-15-36(16-18-37)25-40(83(72,73)74)84(75,76)77/h12-19,24,28-29,31-33,38,40,47,50-51,61,66-68H,20-23,25-27H2,1-11H3,(H2,58,59,71)(H2,72,73,74)(H2,75,76,77)/b13-12+,24-19+,30-14-,60-46?/t29-,31+,32-,33+,38-,47+,50-,51+,56-/m0/s1. The highest BCUT2D eigenvalue weighted by Crippen LogP contribution is 2.61. The van der Waals surface area contributed by atoms with Crippen LogP contribution in [0, 0.1) is 36.5 Å². The number of esters is 2. The monoisotopic (exact) mass is 1210 g/mol. The highest BCUT2D eigenvalue weighted by Gasteiger charge is 2.51. The van der Waals surface area contributed by atoms with Crippen molar-refractivity contribution in [2.45, 2.75) is 130 Å². The number of carbonyl (C=O) groups is 5. The number of allylic oxidation sites excluding steroid dienone is 2. The second kappa shape index (κ2) is 25.6. The number of piperidine rings is 1. The number of Topliss-reactive ketones (excluding diaryl/α,β-unsaturated/α-hetero) is 1. The average Bonchev–Trinajstić information content (AvgIpc) is 1.57. The molecule has 0 saturated carbocycles. The van der Waals surface area contributed by atoms with Gasteiger partial charge in [-0.1, -0.05) is 71.9 Å². The molecule has 9 atom stereocenters. The summed E-state index contributed by atoms with van der Waals surface area (Å²) in [6.07, 6.45) is 3.06. The summed E-state index contributed by atoms with van der Waals surface area (Å²) in [6.45, 7) is 18.0. The number of urea groups is 1. The lowest BCUT2D eigenvalue weighted by molar-refractivity contribution is -0.164. The van der Waals surface area contributed by atoms with Gasteiger partial charge in [-0.05, 0) is 50.0 Å². The number of hydrogen-bond acceptors (Lipinski definition) is 18. The SMILES string of the molecule is CO[C@H]1/C=C/O[C@@]2(C)Oc3c(C)c(O)c4c(O)c(c5c(c4c3C2=O)NC2(CCN(CC(C)C)CC2)N=5)=NC(=O)/C(C)=C\C=C\[C@H](C)[C@H](OC(=O)CNC(=O)Nc2ccc(CC(P(=O)(O)O)P(=O)(O)O)cc2)[C@@H](C)[C@@H](O)[C@@H](C)[C@H](OC(C)=O)[C@@H]1C. The molecule has 3 amide bonds. The zero-order valence-electron chi connectivity index (χ0n) is 48.7. The van der Waals surface area contributed by atoms with Crippen molar-refractivity contribution in [3.63, 3.8) is 0 Å². The zero-order chi connectivity index (χ0) is 62.1. The molecule has 25 nitrogen and oxygen atoms in total. The first-order chi connectivity index (χ1) is 39.2. The number of aliphatic hydroxyl groups is 1. The molecule has 10 N–H and O–H groups in total. The molecular weight excluding hydrogens is 1130 g/mol. The summed E-state index contributed by atoms with van der Waals surface area (Å²) in [4.78, 5) is 119. The van der Waals surface area contributed by atoms with Gasteiger partial charge >= 0.3 is 38.9 Å². The van der Waals surface area contributed by atoms with Crippen LogP contribution in [0.4, 0.5) is 16.2 Å². The Morgan fingerprint density at radius 1 is 0.893 bits per heavy atom. The van der Waals surface area contributed by atoms with Gasteiger partial charge in [0.05, 0.1) is 35.1 Å². The molecule has 27 heteroatoms. The second-order valence-corrected chi connectivity index (χ2v) is 26.8. The number of methoxy groups -OCH3 is 1. The minimum atomic E-state index is -5.20. The van der Waals surface area contributed by atoms with Crippen molar-refractivity contribution in [3.05, 3.63) is 87.8 Å². The maximum absolute atomic E-state index is 14.9. The normalized spacial score (nSPS) is 27.2. The molecule has 5 aliphatic rings. The van der Waals surface area contributed by atoms with Crippen molar-refractivity contribution in [1.29, 1.82) is 0 Å². The van der Waals surface area contributed by atoms with Crippen LogP contribution in [0.2, 0.25) is 0 Å². The van der Waals surface area contributed by atoms with Crippen molar-refractivity contribution in [1.82, 2.24) is 10.2 Å². The van der Waals surface area contributed by atoms with Crippen molar-refractivity contribution in [2.24, 2.45) is 39.6 Å². The zero-order valence-corrected chi connectivity index (χ0v) is 50.5. The molecule has 0 aromatic heterocycles. The molecule has 3 aromatic carbocycles. The number of fused-ring (bicyclic) bond motifs is 13. The summed E-state index contributed by atoms with van der Waals surface area (Å²) in [5, 5.41) is 42.4. The number of hydrogen-bond donors (Lipinski definition) is 10. The Bertz CT molecular complexity index is 3370. The van der Waals surface area contributed by atoms with Gasteiger partial charge in [0.15, 0.2) is 11.1 Å². The van der Waals surface area contributed by atoms with Gasteiger partial charge < -0.3 is 79.4 Å². The van der Waals surface area contributed by atoms with Gasteiger partial charge in [0.2, 0.25) is 0 Å². The van der Waals surface area contributed by atoms with Crippen LogP contribution in [0.25, 0.3) is 10.8 Å². The fourth-order valence-corrected chi connectivity index (χ4v) is 13.8. The number of aliphatic hydroxyl groups excluding tert-OH is 1. The molecule has 5 bridgehead atoms. The van der Waals surface area contributed by atoms with Gasteiger partial charge in [-0.2, -0.15) is 0 Å². The molecule has 5 aliphatic heterocycles. The smallest absolute Gasteiger partial charge is 0.341 e. The number of rotatable bonds is 12. The Kier molecular flexibility index (Phi) is 19.8. The Morgan fingerprint density at radius 3 is 2.12 bits per heavy atom. The van der Waals surface area contributed by atoms with Gasteiger partial charge in [-0.25, -0.2) is 9.79 Å². The molecule has 0 radical (unpaired) electrons. The number of aromatic hydroxyl groups is 2. The number of nitrogens with zero attached hydrogens (tertiary/aromatic N) is 3. The molecule has 5 heterocycles. The number of anilines is 2. The van der Waals surface area contributed by atoms with E-state index in [1.165, 1.54) is 83.6 Å². The van der Waals surface area contributed by atoms with E-state index in [0.717, 1.165) is 6.54 Å². The Balaban J connectivity index is 1.25. The number of ether oxygens (including phenoxy) is 5. The van der Waals surface area contributed by atoms with Crippen molar-refractivity contribution < 1.29 is 91.7 Å². The van der Waals surface area contributed by atoms with E-state index >= 15 is 0 Å². The van der Waals surface area contributed by atoms with E-state index in [-0.39, 0.29) is 60.9 Å². The number of carbonyl (C=O) groups excluding carboxylic acids is 5. The molecule has 0 aliphatic carbocycles. The highest BCUT2D eigenvalue weighted by molar-refractivity contribution is 7.70. The van der Waals surface area contributed by atoms with Crippen LogP contribution in [0.1, 0.15) is 96.6 Å². The number of likely N-dealkylation sites (tertiary alicyclic amines) is 1. The molecule has 1 spiro atoms. The van der Waals surface area contributed by atoms with Crippen LogP contribution in [0.3, 0.4) is 0 Å². The van der Waals surface area contributed by atoms with E-state index in [2.05, 4.69) is 39.7 Å². The number of phenolic OH excluding ortho intramolecular Hbond substituents is 2. The molecule has 458 valence electrons. The van der Waals surface area contributed by atoms with Gasteiger partial charge in [0.25, 0.3) is 11.7 Å². The van der Waals surface area contributed by atoms with Crippen LogP contribution in [0.5, 0.6) is 17.2 Å². The molecule has 0 unspecified atom stereocenters. The van der Waals surface area contributed by atoms with E-state index in [1.54, 1.807) is 33.8 Å². The maximum atomic E-state index is 14.9. The van der Waals surface area contributed by atoms with Gasteiger partial charge in [-0.3, -0.25) is 33.3 Å². The van der Waals surface area contributed by atoms with Crippen LogP contribution in [-0.2, 0) is 48.9 Å². The molecule has 3 aromatic rings. The molecule has 1 saturated heterocycles. The van der Waals surface area contributed by atoms with E-state index in [4.69, 9.17) is 28.7 Å². The third kappa shape index (κ3) is 14.1. The van der Waals surface area contributed by atoms with E-state index in [9.17, 15) is 68.0 Å². The van der Waals surface area contributed by atoms with Gasteiger partial charge in [-0.15, -0.1) is 0 Å². The Labute approximate surface area is 485 Å². The third-order valence-corrected chi connectivity index (χ3v) is 19.7. The fraction of sp³-hybridized carbons (Fsp3) is 0.526. The summed E-state index contributed by atoms with van der Waals surface area (Å²) in [7, 11) is -9.00. The number of benzene rings is 3. The van der Waals surface area contributed by atoms with Crippen LogP contribution in [0.15, 0.2) is 70.4 Å². The van der Waals surface area contributed by atoms with E-state index in [1.807, 2.05) is 0 Å². The Hall–Kier alpha value is -6.53. The van der Waals surface area contributed by atoms with Crippen molar-refractivity contribution in [2.75, 3.05) is 43.9 Å². The number of amides is 3. The maximum Gasteiger partial charge on any atom is 0.341 e. The lowest BCUT2D eigenvalue weighted by Crippen LogP contribution is -2.48. The summed E-state index contributed by atoms with van der Waals surface area (Å²) >= 11 is 0. The second-order valence-electron chi connectivity index (χ2n) is 22.8. The summed E-state index contributed by atoms with van der Waals surface area (Å²) in [5.41, 5.74) is -0.256. The van der Waals surface area contributed by atoms with E-state index in [0.29, 0.717) is 31.8 Å². The summed E-state index contributed by atoms with van der Waals surface area (Å²) < 4.78 is 53.9. The molecule has 84 heavy (non-hydrogen) atoms. The third-order valence-electron chi connectivity index (χ3n) is 15.9. The molecule has 1 fully saturated rings. The minimum absolute atomic E-state index is 0.0109. The van der Waals surface area contributed by atoms with Gasteiger partial charge in [0, 0.05) is 99.3 Å². The number of nitrogens with one attached hydrogen (secondary N) is 3. The predicted octanol–water partition coefficient (Wildman–Crippen LogP) is 5.35. The Morgan fingerprint density at radius 2 is 1.52 bits per heavy atom. The number of phenols is 2. The molecule has 8 rings (SSSR count). The first-order valence-electron chi connectivity index (χ1n) is 27.5. The first-order valence-corrected chi connectivity index (χ1v) is 30.9. The topological polar surface area (TPSA) is 371 Å². The van der Waals surface area contributed by atoms with Crippen LogP contribution in [-0.4, -0.2) is 144 Å². The van der Waals surface area contributed by atoms with Crippen molar-refractivity contribution in [3.8, 4) is 17.2 Å². The predicted molar refractivity (Wildman–Crippen MR) is 307 cm³/mol. The van der Waals surface area contributed by atoms with Gasteiger partial charge in [0.1, 0.15) is 46.6 Å². The first kappa shape index (κ1) is 65.0.